The predicted molar refractivity (Wildman–Crippen MR) is 50.4 cm³/mol. The van der Waals surface area contributed by atoms with E-state index in [1.807, 2.05) is 0 Å². The zero-order chi connectivity index (χ0) is 11.5. The first-order chi connectivity index (χ1) is 6.96. The second-order valence-electron chi connectivity index (χ2n) is 3.05. The molecular formula is C10H12F3NO. The molecule has 0 bridgehead atoms. The van der Waals surface area contributed by atoms with Crippen LogP contribution in [0.25, 0.3) is 0 Å². The van der Waals surface area contributed by atoms with Crippen molar-refractivity contribution in [3.63, 3.8) is 0 Å². The fourth-order valence-corrected chi connectivity index (χ4v) is 1.26. The Morgan fingerprint density at radius 2 is 2.00 bits per heavy atom. The third kappa shape index (κ3) is 3.43. The van der Waals surface area contributed by atoms with Crippen molar-refractivity contribution in [2.45, 2.75) is 26.3 Å². The van der Waals surface area contributed by atoms with Crippen molar-refractivity contribution in [1.82, 2.24) is 0 Å². The van der Waals surface area contributed by atoms with Gasteiger partial charge in [0.15, 0.2) is 0 Å². The van der Waals surface area contributed by atoms with Crippen LogP contribution in [0.3, 0.4) is 0 Å². The molecule has 0 heterocycles. The summed E-state index contributed by atoms with van der Waals surface area (Å²) in [4.78, 5) is 0. The average Bonchev–Trinajstić information content (AvgIpc) is 2.16. The molecule has 84 valence electrons. The molecule has 0 atom stereocenters. The van der Waals surface area contributed by atoms with E-state index in [9.17, 15) is 13.2 Å². The van der Waals surface area contributed by atoms with Gasteiger partial charge in [0.05, 0.1) is 0 Å². The molecule has 0 radical (unpaired) electrons. The SMILES string of the molecule is CCc1cc(CN)ccc1OC(F)(F)F. The van der Waals surface area contributed by atoms with Crippen LogP contribution in [0.1, 0.15) is 18.1 Å². The van der Waals surface area contributed by atoms with Crippen molar-refractivity contribution in [2.75, 3.05) is 0 Å². The molecule has 0 aliphatic carbocycles. The highest BCUT2D eigenvalue weighted by Crippen LogP contribution is 2.27. The summed E-state index contributed by atoms with van der Waals surface area (Å²) in [7, 11) is 0. The van der Waals surface area contributed by atoms with Crippen LogP contribution in [-0.4, -0.2) is 6.36 Å². The summed E-state index contributed by atoms with van der Waals surface area (Å²) in [5, 5.41) is 0. The van der Waals surface area contributed by atoms with Crippen LogP contribution in [0.15, 0.2) is 18.2 Å². The molecule has 0 aromatic heterocycles. The van der Waals surface area contributed by atoms with Gasteiger partial charge in [-0.15, -0.1) is 13.2 Å². The highest BCUT2D eigenvalue weighted by atomic mass is 19.4. The van der Waals surface area contributed by atoms with Crippen LogP contribution in [0.4, 0.5) is 13.2 Å². The quantitative estimate of drug-likeness (QED) is 0.848. The Morgan fingerprint density at radius 3 is 2.47 bits per heavy atom. The molecule has 15 heavy (non-hydrogen) atoms. The molecule has 1 aromatic rings. The molecule has 0 aliphatic rings. The lowest BCUT2D eigenvalue weighted by Gasteiger charge is -2.13. The van der Waals surface area contributed by atoms with E-state index in [1.54, 1.807) is 13.0 Å². The summed E-state index contributed by atoms with van der Waals surface area (Å²) in [6, 6.07) is 4.45. The fourth-order valence-electron chi connectivity index (χ4n) is 1.26. The number of rotatable bonds is 3. The minimum Gasteiger partial charge on any atom is -0.406 e. The second kappa shape index (κ2) is 4.53. The van der Waals surface area contributed by atoms with Crippen molar-refractivity contribution < 1.29 is 17.9 Å². The maximum absolute atomic E-state index is 12.0. The molecule has 0 fully saturated rings. The van der Waals surface area contributed by atoms with Crippen molar-refractivity contribution in [1.29, 1.82) is 0 Å². The summed E-state index contributed by atoms with van der Waals surface area (Å²) in [5.74, 6) is -0.151. The Bertz CT molecular complexity index is 336. The van der Waals surface area contributed by atoms with Crippen LogP contribution < -0.4 is 10.5 Å². The molecule has 1 aromatic carbocycles. The zero-order valence-corrected chi connectivity index (χ0v) is 8.27. The third-order valence-electron chi connectivity index (χ3n) is 1.97. The number of halogens is 3. The minimum atomic E-state index is -4.64. The van der Waals surface area contributed by atoms with Crippen LogP contribution in [-0.2, 0) is 13.0 Å². The highest BCUT2D eigenvalue weighted by Gasteiger charge is 2.31. The number of ether oxygens (including phenoxy) is 1. The summed E-state index contributed by atoms with van der Waals surface area (Å²) in [6.07, 6.45) is -4.17. The van der Waals surface area contributed by atoms with Crippen molar-refractivity contribution in [2.24, 2.45) is 5.73 Å². The summed E-state index contributed by atoms with van der Waals surface area (Å²) in [5.41, 5.74) is 6.69. The van der Waals surface area contributed by atoms with Gasteiger partial charge < -0.3 is 10.5 Å². The molecule has 5 heteroatoms. The molecule has 0 unspecified atom stereocenters. The number of benzene rings is 1. The Labute approximate surface area is 85.8 Å². The monoisotopic (exact) mass is 219 g/mol. The van der Waals surface area contributed by atoms with Gasteiger partial charge in [0.1, 0.15) is 5.75 Å². The standard InChI is InChI=1S/C10H12F3NO/c1-2-8-5-7(6-14)3-4-9(8)15-10(11,12)13/h3-5H,2,6,14H2,1H3. The van der Waals surface area contributed by atoms with E-state index in [1.165, 1.54) is 12.1 Å². The van der Waals surface area contributed by atoms with E-state index < -0.39 is 6.36 Å². The number of hydrogen-bond donors (Lipinski definition) is 1. The lowest BCUT2D eigenvalue weighted by atomic mass is 10.1. The van der Waals surface area contributed by atoms with Gasteiger partial charge in [-0.3, -0.25) is 0 Å². The van der Waals surface area contributed by atoms with Crippen molar-refractivity contribution >= 4 is 0 Å². The van der Waals surface area contributed by atoms with Gasteiger partial charge in [0.2, 0.25) is 0 Å². The predicted octanol–water partition coefficient (Wildman–Crippen LogP) is 2.61. The Morgan fingerprint density at radius 1 is 1.33 bits per heavy atom. The maximum Gasteiger partial charge on any atom is 0.573 e. The van der Waals surface area contributed by atoms with E-state index in [-0.39, 0.29) is 5.75 Å². The van der Waals surface area contributed by atoms with Crippen LogP contribution in [0.5, 0.6) is 5.75 Å². The molecular weight excluding hydrogens is 207 g/mol. The summed E-state index contributed by atoms with van der Waals surface area (Å²) >= 11 is 0. The smallest absolute Gasteiger partial charge is 0.406 e. The molecule has 2 nitrogen and oxygen atoms in total. The number of nitrogens with two attached hydrogens (primary N) is 1. The van der Waals surface area contributed by atoms with Gasteiger partial charge in [-0.1, -0.05) is 19.1 Å². The van der Waals surface area contributed by atoms with E-state index in [2.05, 4.69) is 4.74 Å². The fraction of sp³-hybridized carbons (Fsp3) is 0.400. The molecule has 0 saturated carbocycles. The first-order valence-corrected chi connectivity index (χ1v) is 4.54. The Balaban J connectivity index is 2.97. The third-order valence-corrected chi connectivity index (χ3v) is 1.97. The molecule has 0 saturated heterocycles. The maximum atomic E-state index is 12.0. The molecule has 0 spiro atoms. The van der Waals surface area contributed by atoms with E-state index in [0.29, 0.717) is 18.5 Å². The van der Waals surface area contributed by atoms with Crippen LogP contribution in [0, 0.1) is 0 Å². The van der Waals surface area contributed by atoms with E-state index in [4.69, 9.17) is 5.73 Å². The molecule has 0 amide bonds. The first-order valence-electron chi connectivity index (χ1n) is 4.54. The summed E-state index contributed by atoms with van der Waals surface area (Å²) < 4.78 is 39.9. The normalized spacial score (nSPS) is 11.5. The van der Waals surface area contributed by atoms with Gasteiger partial charge in [0.25, 0.3) is 0 Å². The van der Waals surface area contributed by atoms with Crippen LogP contribution in [0.2, 0.25) is 0 Å². The number of aryl methyl sites for hydroxylation is 1. The first kappa shape index (κ1) is 11.8. The van der Waals surface area contributed by atoms with E-state index in [0.717, 1.165) is 5.56 Å². The highest BCUT2D eigenvalue weighted by molar-refractivity contribution is 5.37. The Kier molecular flexibility index (Phi) is 3.57. The van der Waals surface area contributed by atoms with Crippen molar-refractivity contribution in [3.05, 3.63) is 29.3 Å². The number of alkyl halides is 3. The van der Waals surface area contributed by atoms with Crippen LogP contribution >= 0.6 is 0 Å². The lowest BCUT2D eigenvalue weighted by Crippen LogP contribution is -2.18. The minimum absolute atomic E-state index is 0.151. The van der Waals surface area contributed by atoms with Crippen molar-refractivity contribution in [3.8, 4) is 5.75 Å². The van der Waals surface area contributed by atoms with Gasteiger partial charge in [-0.05, 0) is 23.6 Å². The lowest BCUT2D eigenvalue weighted by molar-refractivity contribution is -0.274. The zero-order valence-electron chi connectivity index (χ0n) is 8.27. The average molecular weight is 219 g/mol. The molecule has 2 N–H and O–H groups in total. The molecule has 1 rings (SSSR count). The Hall–Kier alpha value is -1.23. The van der Waals surface area contributed by atoms with Gasteiger partial charge in [0, 0.05) is 6.54 Å². The van der Waals surface area contributed by atoms with Gasteiger partial charge in [-0.2, -0.15) is 0 Å². The van der Waals surface area contributed by atoms with E-state index >= 15 is 0 Å². The number of hydrogen-bond acceptors (Lipinski definition) is 2. The van der Waals surface area contributed by atoms with Gasteiger partial charge in [-0.25, -0.2) is 0 Å². The topological polar surface area (TPSA) is 35.2 Å². The van der Waals surface area contributed by atoms with Gasteiger partial charge >= 0.3 is 6.36 Å². The summed E-state index contributed by atoms with van der Waals surface area (Å²) in [6.45, 7) is 2.07. The molecule has 0 aliphatic heterocycles. The second-order valence-corrected chi connectivity index (χ2v) is 3.05. The largest absolute Gasteiger partial charge is 0.573 e.